The molecule has 7 nitrogen and oxygen atoms in total. The highest BCUT2D eigenvalue weighted by molar-refractivity contribution is 6.02. The minimum atomic E-state index is -0.564. The molecule has 3 heterocycles. The molecular weight excluding hydrogens is 342 g/mol. The van der Waals surface area contributed by atoms with Crippen LogP contribution < -0.4 is 11.1 Å². The number of nitrogens with zero attached hydrogens (tertiary/aromatic N) is 3. The molecule has 0 aliphatic rings. The van der Waals surface area contributed by atoms with Crippen LogP contribution in [0.3, 0.4) is 0 Å². The summed E-state index contributed by atoms with van der Waals surface area (Å²) in [5.41, 5.74) is 10.3. The molecule has 1 atom stereocenters. The van der Waals surface area contributed by atoms with Gasteiger partial charge in [0.05, 0.1) is 29.6 Å². The lowest BCUT2D eigenvalue weighted by atomic mass is 10.1. The first-order valence-corrected chi connectivity index (χ1v) is 8.72. The van der Waals surface area contributed by atoms with Gasteiger partial charge in [-0.25, -0.2) is 4.52 Å². The van der Waals surface area contributed by atoms with Gasteiger partial charge in [-0.2, -0.15) is 5.10 Å². The molecule has 0 spiro atoms. The third kappa shape index (κ3) is 2.92. The zero-order valence-corrected chi connectivity index (χ0v) is 15.2. The van der Waals surface area contributed by atoms with Crippen molar-refractivity contribution in [3.63, 3.8) is 0 Å². The highest BCUT2D eigenvalue weighted by Gasteiger charge is 2.17. The second-order valence-corrected chi connectivity index (χ2v) is 6.78. The van der Waals surface area contributed by atoms with Crippen LogP contribution in [0.15, 0.2) is 48.9 Å². The number of rotatable bonds is 5. The Morgan fingerprint density at radius 2 is 2.07 bits per heavy atom. The third-order valence-corrected chi connectivity index (χ3v) is 4.79. The number of nitrogens with one attached hydrogen (secondary N) is 1. The lowest BCUT2D eigenvalue weighted by Gasteiger charge is -2.15. The largest absolute Gasteiger partial charge is 0.394 e. The van der Waals surface area contributed by atoms with E-state index in [1.54, 1.807) is 4.52 Å². The SMILES string of the molecule is CC(CO)Nc1c(C(N)=O)cnn2cc(-c3ccc4c(ccn4C)c3)cc12. The van der Waals surface area contributed by atoms with Gasteiger partial charge in [0.15, 0.2) is 0 Å². The third-order valence-electron chi connectivity index (χ3n) is 4.79. The van der Waals surface area contributed by atoms with Crippen molar-refractivity contribution in [3.8, 4) is 11.1 Å². The summed E-state index contributed by atoms with van der Waals surface area (Å²) < 4.78 is 3.79. The van der Waals surface area contributed by atoms with Gasteiger partial charge in [-0.1, -0.05) is 6.07 Å². The summed E-state index contributed by atoms with van der Waals surface area (Å²) in [6, 6.07) is 10.1. The molecule has 7 heteroatoms. The van der Waals surface area contributed by atoms with Crippen LogP contribution in [-0.4, -0.2) is 37.8 Å². The Labute approximate surface area is 156 Å². The summed E-state index contributed by atoms with van der Waals surface area (Å²) in [6.45, 7) is 1.76. The first-order valence-electron chi connectivity index (χ1n) is 8.72. The summed E-state index contributed by atoms with van der Waals surface area (Å²) in [5, 5.41) is 18.0. The summed E-state index contributed by atoms with van der Waals surface area (Å²) in [7, 11) is 2.02. The number of fused-ring (bicyclic) bond motifs is 2. The second-order valence-electron chi connectivity index (χ2n) is 6.78. The lowest BCUT2D eigenvalue weighted by Crippen LogP contribution is -2.23. The van der Waals surface area contributed by atoms with Crippen LogP contribution in [0.25, 0.3) is 27.5 Å². The molecule has 0 fully saturated rings. The number of aliphatic hydroxyl groups is 1. The van der Waals surface area contributed by atoms with Crippen molar-refractivity contribution in [2.45, 2.75) is 13.0 Å². The van der Waals surface area contributed by atoms with Gasteiger partial charge in [0, 0.05) is 41.9 Å². The number of hydrogen-bond donors (Lipinski definition) is 3. The van der Waals surface area contributed by atoms with E-state index < -0.39 is 5.91 Å². The van der Waals surface area contributed by atoms with E-state index >= 15 is 0 Å². The molecule has 3 aromatic heterocycles. The van der Waals surface area contributed by atoms with Crippen molar-refractivity contribution in [1.29, 1.82) is 0 Å². The van der Waals surface area contributed by atoms with Gasteiger partial charge in [0.25, 0.3) is 5.91 Å². The van der Waals surface area contributed by atoms with Crippen LogP contribution in [0, 0.1) is 0 Å². The van der Waals surface area contributed by atoms with Gasteiger partial charge in [0.1, 0.15) is 0 Å². The summed E-state index contributed by atoms with van der Waals surface area (Å²) in [4.78, 5) is 11.8. The van der Waals surface area contributed by atoms with Gasteiger partial charge < -0.3 is 20.7 Å². The molecule has 0 saturated heterocycles. The smallest absolute Gasteiger partial charge is 0.252 e. The van der Waals surface area contributed by atoms with Crippen LogP contribution in [0.2, 0.25) is 0 Å². The summed E-state index contributed by atoms with van der Waals surface area (Å²) in [5.74, 6) is -0.564. The number of primary amides is 1. The van der Waals surface area contributed by atoms with Gasteiger partial charge in [0.2, 0.25) is 0 Å². The summed E-state index contributed by atoms with van der Waals surface area (Å²) >= 11 is 0. The van der Waals surface area contributed by atoms with Crippen molar-refractivity contribution < 1.29 is 9.90 Å². The fraction of sp³-hybridized carbons (Fsp3) is 0.200. The number of carbonyl (C=O) groups is 1. The first kappa shape index (κ1) is 17.1. The number of carbonyl (C=O) groups excluding carboxylic acids is 1. The highest BCUT2D eigenvalue weighted by Crippen LogP contribution is 2.30. The van der Waals surface area contributed by atoms with Crippen LogP contribution in [-0.2, 0) is 7.05 Å². The van der Waals surface area contributed by atoms with Gasteiger partial charge in [-0.15, -0.1) is 0 Å². The minimum Gasteiger partial charge on any atom is -0.394 e. The lowest BCUT2D eigenvalue weighted by molar-refractivity contribution is 0.100. The number of aryl methyl sites for hydroxylation is 1. The molecule has 0 aliphatic heterocycles. The van der Waals surface area contributed by atoms with Crippen molar-refractivity contribution in [3.05, 3.63) is 54.5 Å². The van der Waals surface area contributed by atoms with Gasteiger partial charge in [-0.05, 0) is 36.8 Å². The van der Waals surface area contributed by atoms with Crippen LogP contribution in [0.1, 0.15) is 17.3 Å². The number of anilines is 1. The molecule has 138 valence electrons. The zero-order valence-electron chi connectivity index (χ0n) is 15.2. The molecule has 0 radical (unpaired) electrons. The average molecular weight is 363 g/mol. The van der Waals surface area contributed by atoms with E-state index in [9.17, 15) is 9.90 Å². The van der Waals surface area contributed by atoms with E-state index in [1.165, 1.54) is 6.20 Å². The van der Waals surface area contributed by atoms with E-state index in [0.29, 0.717) is 11.3 Å². The molecule has 0 saturated carbocycles. The Morgan fingerprint density at radius 3 is 2.81 bits per heavy atom. The number of nitrogens with two attached hydrogens (primary N) is 1. The van der Waals surface area contributed by atoms with Gasteiger partial charge in [-0.3, -0.25) is 4.79 Å². The number of hydrogen-bond acceptors (Lipinski definition) is 4. The molecule has 1 unspecified atom stereocenters. The van der Waals surface area contributed by atoms with Crippen molar-refractivity contribution >= 4 is 28.0 Å². The number of aliphatic hydroxyl groups excluding tert-OH is 1. The van der Waals surface area contributed by atoms with E-state index in [2.05, 4.69) is 39.2 Å². The highest BCUT2D eigenvalue weighted by atomic mass is 16.3. The molecule has 27 heavy (non-hydrogen) atoms. The standard InChI is InChI=1S/C20H21N5O2/c1-12(11-26)23-19-16(20(21)27)9-22-25-10-15(8-18(19)25)13-3-4-17-14(7-13)5-6-24(17)2/h3-10,12,23,26H,11H2,1-2H3,(H2,21,27). The molecular formula is C20H21N5O2. The maximum absolute atomic E-state index is 11.8. The quantitative estimate of drug-likeness (QED) is 0.507. The first-order chi connectivity index (χ1) is 13.0. The number of amides is 1. The van der Waals surface area contributed by atoms with Crippen molar-refractivity contribution in [2.75, 3.05) is 11.9 Å². The minimum absolute atomic E-state index is 0.0646. The number of benzene rings is 1. The average Bonchev–Trinajstić information content (AvgIpc) is 3.25. The normalized spacial score (nSPS) is 12.6. The van der Waals surface area contributed by atoms with E-state index in [0.717, 1.165) is 27.5 Å². The Morgan fingerprint density at radius 1 is 1.26 bits per heavy atom. The molecule has 1 amide bonds. The van der Waals surface area contributed by atoms with Crippen molar-refractivity contribution in [1.82, 2.24) is 14.2 Å². The maximum atomic E-state index is 11.8. The van der Waals surface area contributed by atoms with E-state index in [1.807, 2.05) is 32.4 Å². The Bertz CT molecular complexity index is 1160. The van der Waals surface area contributed by atoms with E-state index in [-0.39, 0.29) is 12.6 Å². The Kier molecular flexibility index (Phi) is 4.08. The van der Waals surface area contributed by atoms with Crippen molar-refractivity contribution in [2.24, 2.45) is 12.8 Å². The fourth-order valence-electron chi connectivity index (χ4n) is 3.31. The monoisotopic (exact) mass is 363 g/mol. The second kappa shape index (κ2) is 6.44. The van der Waals surface area contributed by atoms with E-state index in [4.69, 9.17) is 5.73 Å². The van der Waals surface area contributed by atoms with Gasteiger partial charge >= 0.3 is 0 Å². The predicted octanol–water partition coefficient (Wildman–Crippen LogP) is 2.38. The van der Waals surface area contributed by atoms with Crippen LogP contribution in [0.4, 0.5) is 5.69 Å². The molecule has 0 aliphatic carbocycles. The zero-order chi connectivity index (χ0) is 19.1. The predicted molar refractivity (Wildman–Crippen MR) is 106 cm³/mol. The number of aromatic nitrogens is 3. The Balaban J connectivity index is 1.87. The topological polar surface area (TPSA) is 97.6 Å². The molecule has 4 rings (SSSR count). The molecule has 4 N–H and O–H groups in total. The molecule has 0 bridgehead atoms. The molecule has 4 aromatic rings. The summed E-state index contributed by atoms with van der Waals surface area (Å²) in [6.07, 6.45) is 5.40. The maximum Gasteiger partial charge on any atom is 0.252 e. The van der Waals surface area contributed by atoms with Crippen LogP contribution >= 0.6 is 0 Å². The fourth-order valence-corrected chi connectivity index (χ4v) is 3.31. The Hall–Kier alpha value is -3.32. The molecule has 1 aromatic carbocycles. The van der Waals surface area contributed by atoms with Crippen LogP contribution in [0.5, 0.6) is 0 Å².